The van der Waals surface area contributed by atoms with Crippen LogP contribution < -0.4 is 25.0 Å². The number of anilines is 1. The Kier molecular flexibility index (Phi) is 9.23. The average Bonchev–Trinajstić information content (AvgIpc) is 2.99. The van der Waals surface area contributed by atoms with Crippen molar-refractivity contribution in [1.82, 2.24) is 5.43 Å². The fraction of sp³-hybridized carbons (Fsp3) is 0.0968. The predicted octanol–water partition coefficient (Wildman–Crippen LogP) is 5.33. The Bertz CT molecular complexity index is 1500. The van der Waals surface area contributed by atoms with E-state index in [9.17, 15) is 14.4 Å². The molecule has 0 aromatic heterocycles. The van der Waals surface area contributed by atoms with E-state index in [1.54, 1.807) is 98.1 Å². The van der Waals surface area contributed by atoms with E-state index in [1.807, 2.05) is 13.0 Å². The Balaban J connectivity index is 1.35. The number of amides is 2. The van der Waals surface area contributed by atoms with Crippen LogP contribution in [0.2, 0.25) is 0 Å². The summed E-state index contributed by atoms with van der Waals surface area (Å²) in [4.78, 5) is 37.4. The monoisotopic (exact) mass is 537 g/mol. The number of carbonyl (C=O) groups is 3. The number of hydrogen-bond donors (Lipinski definition) is 2. The van der Waals surface area contributed by atoms with E-state index in [2.05, 4.69) is 15.8 Å². The van der Waals surface area contributed by atoms with Crippen LogP contribution in [0.1, 0.15) is 43.6 Å². The third-order valence-corrected chi connectivity index (χ3v) is 5.62. The Morgan fingerprint density at radius 3 is 2.12 bits per heavy atom. The van der Waals surface area contributed by atoms with Crippen LogP contribution in [0.25, 0.3) is 0 Å². The molecule has 0 fully saturated rings. The van der Waals surface area contributed by atoms with Crippen LogP contribution in [0.3, 0.4) is 0 Å². The molecule has 4 rings (SSSR count). The molecule has 0 aliphatic heterocycles. The number of esters is 1. The molecule has 0 atom stereocenters. The highest BCUT2D eigenvalue weighted by Crippen LogP contribution is 2.29. The summed E-state index contributed by atoms with van der Waals surface area (Å²) in [5, 5.41) is 6.80. The number of rotatable bonds is 10. The van der Waals surface area contributed by atoms with Crippen molar-refractivity contribution in [2.24, 2.45) is 5.10 Å². The molecule has 4 aromatic rings. The molecule has 202 valence electrons. The second kappa shape index (κ2) is 13.4. The van der Waals surface area contributed by atoms with E-state index in [0.29, 0.717) is 46.0 Å². The summed E-state index contributed by atoms with van der Waals surface area (Å²) in [7, 11) is 1.55. The zero-order chi connectivity index (χ0) is 28.3. The van der Waals surface area contributed by atoms with Gasteiger partial charge in [0.2, 0.25) is 0 Å². The van der Waals surface area contributed by atoms with Gasteiger partial charge in [0, 0.05) is 16.8 Å². The van der Waals surface area contributed by atoms with E-state index in [4.69, 9.17) is 14.2 Å². The number of nitrogens with one attached hydrogen (secondary N) is 2. The van der Waals surface area contributed by atoms with Gasteiger partial charge in [-0.05, 0) is 91.3 Å². The predicted molar refractivity (Wildman–Crippen MR) is 151 cm³/mol. The number of carbonyl (C=O) groups excluding carboxylic acids is 3. The first-order valence-corrected chi connectivity index (χ1v) is 12.4. The number of nitrogens with zero attached hydrogens (tertiary/aromatic N) is 1. The lowest BCUT2D eigenvalue weighted by atomic mass is 10.1. The average molecular weight is 538 g/mol. The highest BCUT2D eigenvalue weighted by molar-refractivity contribution is 6.04. The van der Waals surface area contributed by atoms with Gasteiger partial charge in [-0.25, -0.2) is 10.2 Å². The minimum atomic E-state index is -0.539. The first kappa shape index (κ1) is 27.6. The number of hydrogen-bond acceptors (Lipinski definition) is 7. The second-order valence-corrected chi connectivity index (χ2v) is 8.35. The molecule has 4 aromatic carbocycles. The zero-order valence-electron chi connectivity index (χ0n) is 21.9. The Morgan fingerprint density at radius 1 is 0.775 bits per heavy atom. The third kappa shape index (κ3) is 7.32. The van der Waals surface area contributed by atoms with E-state index in [1.165, 1.54) is 6.21 Å². The normalized spacial score (nSPS) is 10.6. The fourth-order valence-electron chi connectivity index (χ4n) is 3.57. The van der Waals surface area contributed by atoms with Gasteiger partial charge in [0.25, 0.3) is 11.8 Å². The van der Waals surface area contributed by atoms with E-state index in [-0.39, 0.29) is 11.7 Å². The van der Waals surface area contributed by atoms with Gasteiger partial charge < -0.3 is 19.5 Å². The van der Waals surface area contributed by atoms with E-state index >= 15 is 0 Å². The molecule has 0 spiro atoms. The number of ether oxygens (including phenoxy) is 3. The quantitative estimate of drug-likeness (QED) is 0.122. The minimum absolute atomic E-state index is 0.240. The summed E-state index contributed by atoms with van der Waals surface area (Å²) >= 11 is 0. The van der Waals surface area contributed by atoms with Gasteiger partial charge in [-0.1, -0.05) is 18.2 Å². The second-order valence-electron chi connectivity index (χ2n) is 8.35. The SMILES string of the molecule is CCOc1cc(/C=N\NC(=O)c2ccc(NC(=O)c3ccccc3)cc2)ccc1OC(=O)c1ccc(OC)cc1. The largest absolute Gasteiger partial charge is 0.497 e. The fourth-order valence-corrected chi connectivity index (χ4v) is 3.57. The van der Waals surface area contributed by atoms with Gasteiger partial charge in [0.05, 0.1) is 25.5 Å². The summed E-state index contributed by atoms with van der Waals surface area (Å²) in [5.74, 6) is 0.0354. The molecule has 0 saturated carbocycles. The summed E-state index contributed by atoms with van der Waals surface area (Å²) in [6.07, 6.45) is 1.45. The minimum Gasteiger partial charge on any atom is -0.497 e. The summed E-state index contributed by atoms with van der Waals surface area (Å²) in [6, 6.07) is 26.8. The van der Waals surface area contributed by atoms with Crippen LogP contribution in [-0.2, 0) is 0 Å². The first-order valence-electron chi connectivity index (χ1n) is 12.4. The van der Waals surface area contributed by atoms with Gasteiger partial charge in [0.1, 0.15) is 5.75 Å². The Morgan fingerprint density at radius 2 is 1.45 bits per heavy atom. The molecule has 0 saturated heterocycles. The maximum Gasteiger partial charge on any atom is 0.343 e. The standard InChI is InChI=1S/C31H27N3O6/c1-3-39-28-19-21(9-18-27(28)40-31(37)24-12-16-26(38-2)17-13-24)20-32-34-30(36)23-10-14-25(15-11-23)33-29(35)22-7-5-4-6-8-22/h4-20H,3H2,1-2H3,(H,33,35)(H,34,36)/b32-20-. The van der Waals surface area contributed by atoms with Gasteiger partial charge in [-0.3, -0.25) is 9.59 Å². The van der Waals surface area contributed by atoms with Crippen LogP contribution in [0.15, 0.2) is 102 Å². The molecule has 0 aliphatic rings. The number of benzene rings is 4. The molecule has 0 aliphatic carbocycles. The van der Waals surface area contributed by atoms with Crippen LogP contribution in [0, 0.1) is 0 Å². The van der Waals surface area contributed by atoms with Crippen molar-refractivity contribution in [3.8, 4) is 17.2 Å². The number of hydrazone groups is 1. The lowest BCUT2D eigenvalue weighted by Crippen LogP contribution is -2.18. The smallest absolute Gasteiger partial charge is 0.343 e. The molecule has 2 N–H and O–H groups in total. The van der Waals surface area contributed by atoms with Gasteiger partial charge in [-0.15, -0.1) is 0 Å². The molecule has 9 heteroatoms. The van der Waals surface area contributed by atoms with Gasteiger partial charge in [-0.2, -0.15) is 5.10 Å². The number of methoxy groups -OCH3 is 1. The lowest BCUT2D eigenvalue weighted by Gasteiger charge is -2.11. The summed E-state index contributed by atoms with van der Waals surface area (Å²) in [5.41, 5.74) is 4.91. The van der Waals surface area contributed by atoms with E-state index in [0.717, 1.165) is 0 Å². The maximum atomic E-state index is 12.6. The van der Waals surface area contributed by atoms with Crippen molar-refractivity contribution >= 4 is 29.7 Å². The van der Waals surface area contributed by atoms with Gasteiger partial charge >= 0.3 is 5.97 Å². The van der Waals surface area contributed by atoms with Crippen molar-refractivity contribution in [3.05, 3.63) is 119 Å². The molecule has 0 radical (unpaired) electrons. The van der Waals surface area contributed by atoms with E-state index < -0.39 is 11.9 Å². The van der Waals surface area contributed by atoms with Crippen molar-refractivity contribution in [2.75, 3.05) is 19.0 Å². The van der Waals surface area contributed by atoms with Crippen molar-refractivity contribution in [3.63, 3.8) is 0 Å². The molecule has 0 unspecified atom stereocenters. The highest BCUT2D eigenvalue weighted by atomic mass is 16.6. The topological polar surface area (TPSA) is 115 Å². The molecule has 40 heavy (non-hydrogen) atoms. The molecule has 2 amide bonds. The Hall–Kier alpha value is -5.44. The lowest BCUT2D eigenvalue weighted by molar-refractivity contribution is 0.0728. The van der Waals surface area contributed by atoms with Crippen molar-refractivity contribution in [1.29, 1.82) is 0 Å². The first-order chi connectivity index (χ1) is 19.5. The van der Waals surface area contributed by atoms with Crippen molar-refractivity contribution in [2.45, 2.75) is 6.92 Å². The summed E-state index contributed by atoms with van der Waals surface area (Å²) in [6.45, 7) is 2.17. The van der Waals surface area contributed by atoms with Crippen molar-refractivity contribution < 1.29 is 28.6 Å². The summed E-state index contributed by atoms with van der Waals surface area (Å²) < 4.78 is 16.3. The molecular weight excluding hydrogens is 510 g/mol. The molecular formula is C31H27N3O6. The molecule has 9 nitrogen and oxygen atoms in total. The molecule has 0 bridgehead atoms. The maximum absolute atomic E-state index is 12.6. The molecule has 0 heterocycles. The van der Waals surface area contributed by atoms with Crippen LogP contribution in [0.5, 0.6) is 17.2 Å². The highest BCUT2D eigenvalue weighted by Gasteiger charge is 2.14. The van der Waals surface area contributed by atoms with Gasteiger partial charge in [0.15, 0.2) is 11.5 Å². The Labute approximate surface area is 231 Å². The zero-order valence-corrected chi connectivity index (χ0v) is 21.9. The van der Waals surface area contributed by atoms with Crippen LogP contribution in [0.4, 0.5) is 5.69 Å². The van der Waals surface area contributed by atoms with Crippen LogP contribution in [-0.4, -0.2) is 37.7 Å². The van der Waals surface area contributed by atoms with Crippen LogP contribution >= 0.6 is 0 Å². The third-order valence-electron chi connectivity index (χ3n) is 5.62.